The van der Waals surface area contributed by atoms with Gasteiger partial charge in [0.25, 0.3) is 0 Å². The molecule has 1 aromatic heterocycles. The van der Waals surface area contributed by atoms with Gasteiger partial charge >= 0.3 is 5.97 Å². The zero-order valence-corrected chi connectivity index (χ0v) is 11.1. The number of carbonyl (C=O) groups is 1. The fraction of sp³-hybridized carbons (Fsp3) is 0.500. The summed E-state index contributed by atoms with van der Waals surface area (Å²) in [5, 5.41) is 8.63. The molecule has 1 atom stereocenters. The summed E-state index contributed by atoms with van der Waals surface area (Å²) in [6.45, 7) is 0.939. The SMILES string of the molecule is O=C(O)Cc1ccc(S(=O)(=O)NC2CCOC2)s1. The van der Waals surface area contributed by atoms with Crippen LogP contribution in [0.4, 0.5) is 0 Å². The molecule has 2 heterocycles. The van der Waals surface area contributed by atoms with E-state index >= 15 is 0 Å². The third-order valence-electron chi connectivity index (χ3n) is 2.48. The van der Waals surface area contributed by atoms with Gasteiger partial charge in [0.05, 0.1) is 13.0 Å². The van der Waals surface area contributed by atoms with Crippen molar-refractivity contribution in [1.29, 1.82) is 0 Å². The van der Waals surface area contributed by atoms with Crippen LogP contribution >= 0.6 is 11.3 Å². The van der Waals surface area contributed by atoms with E-state index in [0.29, 0.717) is 24.5 Å². The van der Waals surface area contributed by atoms with Crippen LogP contribution < -0.4 is 4.72 Å². The van der Waals surface area contributed by atoms with Crippen LogP contribution in [0.3, 0.4) is 0 Å². The maximum atomic E-state index is 12.0. The Morgan fingerprint density at radius 3 is 2.94 bits per heavy atom. The van der Waals surface area contributed by atoms with Crippen LogP contribution in [0.2, 0.25) is 0 Å². The Morgan fingerprint density at radius 2 is 2.33 bits per heavy atom. The van der Waals surface area contributed by atoms with Gasteiger partial charge < -0.3 is 9.84 Å². The smallest absolute Gasteiger partial charge is 0.308 e. The molecule has 100 valence electrons. The normalized spacial score (nSPS) is 20.1. The summed E-state index contributed by atoms with van der Waals surface area (Å²) in [5.74, 6) is -0.974. The third-order valence-corrected chi connectivity index (χ3v) is 5.58. The Hall–Kier alpha value is -0.960. The number of ether oxygens (including phenoxy) is 1. The van der Waals surface area contributed by atoms with E-state index in [1.165, 1.54) is 12.1 Å². The van der Waals surface area contributed by atoms with Gasteiger partial charge in [-0.2, -0.15) is 0 Å². The molecule has 0 amide bonds. The molecule has 6 nitrogen and oxygen atoms in total. The standard InChI is InChI=1S/C10H13NO5S2/c12-9(13)5-8-1-2-10(17-8)18(14,15)11-7-3-4-16-6-7/h1-2,7,11H,3-6H2,(H,12,13). The van der Waals surface area contributed by atoms with Crippen LogP contribution in [0.5, 0.6) is 0 Å². The molecule has 1 aliphatic rings. The molecule has 0 aromatic carbocycles. The monoisotopic (exact) mass is 291 g/mol. The summed E-state index contributed by atoms with van der Waals surface area (Å²) in [5.41, 5.74) is 0. The highest BCUT2D eigenvalue weighted by Gasteiger charge is 2.24. The van der Waals surface area contributed by atoms with Crippen molar-refractivity contribution >= 4 is 27.3 Å². The largest absolute Gasteiger partial charge is 0.481 e. The van der Waals surface area contributed by atoms with Gasteiger partial charge in [-0.15, -0.1) is 11.3 Å². The van der Waals surface area contributed by atoms with Gasteiger partial charge in [0, 0.05) is 17.5 Å². The van der Waals surface area contributed by atoms with E-state index in [-0.39, 0.29) is 16.7 Å². The molecule has 0 spiro atoms. The molecular weight excluding hydrogens is 278 g/mol. The van der Waals surface area contributed by atoms with Gasteiger partial charge in [0.1, 0.15) is 4.21 Å². The first-order chi connectivity index (χ1) is 8.47. The van der Waals surface area contributed by atoms with Gasteiger partial charge in [-0.25, -0.2) is 13.1 Å². The number of sulfonamides is 1. The molecule has 1 aromatic rings. The van der Waals surface area contributed by atoms with Crippen LogP contribution in [0.15, 0.2) is 16.3 Å². The van der Waals surface area contributed by atoms with Gasteiger partial charge in [0.2, 0.25) is 10.0 Å². The topological polar surface area (TPSA) is 92.7 Å². The zero-order valence-electron chi connectivity index (χ0n) is 9.46. The Kier molecular flexibility index (Phi) is 4.00. The summed E-state index contributed by atoms with van der Waals surface area (Å²) in [6.07, 6.45) is 0.499. The summed E-state index contributed by atoms with van der Waals surface area (Å²) < 4.78 is 31.8. The number of carboxylic acids is 1. The van der Waals surface area contributed by atoms with E-state index in [4.69, 9.17) is 9.84 Å². The number of hydrogen-bond donors (Lipinski definition) is 2. The minimum Gasteiger partial charge on any atom is -0.481 e. The lowest BCUT2D eigenvalue weighted by atomic mass is 10.3. The second-order valence-electron chi connectivity index (χ2n) is 3.97. The van der Waals surface area contributed by atoms with E-state index in [2.05, 4.69) is 4.72 Å². The van der Waals surface area contributed by atoms with Crippen LogP contribution in [0.25, 0.3) is 0 Å². The zero-order chi connectivity index (χ0) is 13.2. The fourth-order valence-electron chi connectivity index (χ4n) is 1.65. The highest BCUT2D eigenvalue weighted by Crippen LogP contribution is 2.22. The highest BCUT2D eigenvalue weighted by molar-refractivity contribution is 7.91. The highest BCUT2D eigenvalue weighted by atomic mass is 32.2. The van der Waals surface area contributed by atoms with E-state index in [1.54, 1.807) is 0 Å². The first-order valence-corrected chi connectivity index (χ1v) is 7.68. The lowest BCUT2D eigenvalue weighted by molar-refractivity contribution is -0.136. The van der Waals surface area contributed by atoms with Crippen molar-refractivity contribution < 1.29 is 23.1 Å². The van der Waals surface area contributed by atoms with E-state index in [9.17, 15) is 13.2 Å². The number of rotatable bonds is 5. The van der Waals surface area contributed by atoms with Gasteiger partial charge in [-0.3, -0.25) is 4.79 Å². The molecule has 0 saturated carbocycles. The first-order valence-electron chi connectivity index (χ1n) is 5.38. The minimum atomic E-state index is -3.56. The van der Waals surface area contributed by atoms with Gasteiger partial charge in [-0.1, -0.05) is 0 Å². The molecule has 0 radical (unpaired) electrons. The molecule has 1 saturated heterocycles. The van der Waals surface area contributed by atoms with E-state index in [0.717, 1.165) is 11.3 Å². The molecular formula is C10H13NO5S2. The Balaban J connectivity index is 2.09. The summed E-state index contributed by atoms with van der Waals surface area (Å²) in [6, 6.07) is 2.76. The molecule has 0 bridgehead atoms. The summed E-state index contributed by atoms with van der Waals surface area (Å²) in [4.78, 5) is 11.1. The van der Waals surface area contributed by atoms with Crippen LogP contribution in [0, 0.1) is 0 Å². The van der Waals surface area contributed by atoms with Crippen molar-refractivity contribution in [3.05, 3.63) is 17.0 Å². The second-order valence-corrected chi connectivity index (χ2v) is 7.08. The van der Waals surface area contributed by atoms with Crippen molar-refractivity contribution in [1.82, 2.24) is 4.72 Å². The van der Waals surface area contributed by atoms with Crippen LogP contribution in [-0.4, -0.2) is 38.7 Å². The molecule has 2 N–H and O–H groups in total. The average Bonchev–Trinajstić information content (AvgIpc) is 2.87. The quantitative estimate of drug-likeness (QED) is 0.821. The minimum absolute atomic E-state index is 0.144. The maximum absolute atomic E-state index is 12.0. The predicted octanol–water partition coefficient (Wildman–Crippen LogP) is 0.442. The van der Waals surface area contributed by atoms with Crippen molar-refractivity contribution in [3.63, 3.8) is 0 Å². The van der Waals surface area contributed by atoms with E-state index < -0.39 is 16.0 Å². The Bertz CT molecular complexity index is 530. The number of aliphatic carboxylic acids is 1. The number of hydrogen-bond acceptors (Lipinski definition) is 5. The van der Waals surface area contributed by atoms with Crippen molar-refractivity contribution in [3.8, 4) is 0 Å². The van der Waals surface area contributed by atoms with E-state index in [1.807, 2.05) is 0 Å². The van der Waals surface area contributed by atoms with Crippen molar-refractivity contribution in [2.75, 3.05) is 13.2 Å². The Labute approximate surface area is 109 Å². The average molecular weight is 291 g/mol. The number of carboxylic acid groups (broad SMARTS) is 1. The maximum Gasteiger partial charge on any atom is 0.308 e. The predicted molar refractivity (Wildman–Crippen MR) is 65.2 cm³/mol. The fourth-order valence-corrected chi connectivity index (χ4v) is 4.27. The lowest BCUT2D eigenvalue weighted by Gasteiger charge is -2.09. The number of nitrogens with one attached hydrogen (secondary N) is 1. The third kappa shape index (κ3) is 3.29. The first kappa shape index (κ1) is 13.5. The molecule has 1 aliphatic heterocycles. The number of thiophene rings is 1. The second kappa shape index (κ2) is 5.35. The van der Waals surface area contributed by atoms with Crippen LogP contribution in [0.1, 0.15) is 11.3 Å². The van der Waals surface area contributed by atoms with Crippen LogP contribution in [-0.2, 0) is 26.0 Å². The Morgan fingerprint density at radius 1 is 1.56 bits per heavy atom. The molecule has 18 heavy (non-hydrogen) atoms. The molecule has 8 heteroatoms. The molecule has 2 rings (SSSR count). The van der Waals surface area contributed by atoms with Gasteiger partial charge in [-0.05, 0) is 18.6 Å². The molecule has 1 fully saturated rings. The van der Waals surface area contributed by atoms with Gasteiger partial charge in [0.15, 0.2) is 0 Å². The van der Waals surface area contributed by atoms with Crippen molar-refractivity contribution in [2.24, 2.45) is 0 Å². The molecule has 0 aliphatic carbocycles. The lowest BCUT2D eigenvalue weighted by Crippen LogP contribution is -2.34. The molecule has 1 unspecified atom stereocenters. The van der Waals surface area contributed by atoms with Crippen molar-refractivity contribution in [2.45, 2.75) is 23.1 Å². The summed E-state index contributed by atoms with van der Waals surface area (Å²) in [7, 11) is -3.56. The summed E-state index contributed by atoms with van der Waals surface area (Å²) >= 11 is 0.979.